The summed E-state index contributed by atoms with van der Waals surface area (Å²) >= 11 is 0. The van der Waals surface area contributed by atoms with Crippen LogP contribution < -0.4 is 0 Å². The molecule has 2 amide bonds. The van der Waals surface area contributed by atoms with Crippen LogP contribution in [0.15, 0.2) is 18.2 Å². The highest BCUT2D eigenvalue weighted by Gasteiger charge is 2.39. The first-order valence-corrected chi connectivity index (χ1v) is 10.6. The lowest BCUT2D eigenvalue weighted by molar-refractivity contribution is -0.143. The number of halogens is 2. The minimum absolute atomic E-state index is 0.0530. The van der Waals surface area contributed by atoms with Gasteiger partial charge in [-0.25, -0.2) is 8.78 Å². The van der Waals surface area contributed by atoms with E-state index in [1.165, 1.54) is 31.7 Å². The molecular weight excluding hydrogens is 362 g/mol. The van der Waals surface area contributed by atoms with E-state index in [1.807, 2.05) is 0 Å². The van der Waals surface area contributed by atoms with Crippen LogP contribution in [0.25, 0.3) is 0 Å². The molecule has 3 aliphatic rings. The Kier molecular flexibility index (Phi) is 5.65. The van der Waals surface area contributed by atoms with Crippen molar-refractivity contribution in [2.75, 3.05) is 19.6 Å². The van der Waals surface area contributed by atoms with Crippen molar-refractivity contribution in [3.63, 3.8) is 0 Å². The Hall–Kier alpha value is -1.98. The SMILES string of the molecule is O=C(c1ccc(F)cc1F)N1CCC(C(=O)N2CCC[C@@H]3CCCC[C@H]32)CC1. The molecule has 0 radical (unpaired) electrons. The van der Waals surface area contributed by atoms with Crippen LogP contribution in [-0.4, -0.2) is 47.3 Å². The lowest BCUT2D eigenvalue weighted by atomic mass is 9.77. The molecule has 152 valence electrons. The van der Waals surface area contributed by atoms with Gasteiger partial charge in [0.15, 0.2) is 0 Å². The standard InChI is InChI=1S/C22H28F2N2O2/c23-17-7-8-18(19(24)14-17)22(28)25-12-9-16(10-13-25)21(27)26-11-3-5-15-4-1-2-6-20(15)26/h7-8,14-16,20H,1-6,9-13H2/t15-,20+/m0/s1. The molecule has 3 fully saturated rings. The molecule has 0 unspecified atom stereocenters. The van der Waals surface area contributed by atoms with Gasteiger partial charge in [-0.1, -0.05) is 12.8 Å². The highest BCUT2D eigenvalue weighted by atomic mass is 19.1. The number of fused-ring (bicyclic) bond motifs is 1. The Morgan fingerprint density at radius 3 is 2.36 bits per heavy atom. The summed E-state index contributed by atoms with van der Waals surface area (Å²) in [5, 5.41) is 0. The van der Waals surface area contributed by atoms with Crippen molar-refractivity contribution < 1.29 is 18.4 Å². The molecule has 1 saturated carbocycles. The smallest absolute Gasteiger partial charge is 0.256 e. The Morgan fingerprint density at radius 1 is 0.893 bits per heavy atom. The Labute approximate surface area is 164 Å². The van der Waals surface area contributed by atoms with E-state index in [0.29, 0.717) is 37.9 Å². The molecule has 2 heterocycles. The number of carbonyl (C=O) groups excluding carboxylic acids is 2. The zero-order valence-corrected chi connectivity index (χ0v) is 16.2. The van der Waals surface area contributed by atoms with E-state index in [9.17, 15) is 18.4 Å². The van der Waals surface area contributed by atoms with Crippen LogP contribution in [0.4, 0.5) is 8.78 Å². The number of rotatable bonds is 2. The van der Waals surface area contributed by atoms with Crippen LogP contribution in [0.2, 0.25) is 0 Å². The van der Waals surface area contributed by atoms with E-state index >= 15 is 0 Å². The third-order valence-electron chi connectivity index (χ3n) is 6.82. The molecule has 0 bridgehead atoms. The van der Waals surface area contributed by atoms with Crippen molar-refractivity contribution in [2.24, 2.45) is 11.8 Å². The van der Waals surface area contributed by atoms with Crippen LogP contribution in [-0.2, 0) is 4.79 Å². The lowest BCUT2D eigenvalue weighted by Crippen LogP contribution is -2.53. The predicted molar refractivity (Wildman–Crippen MR) is 102 cm³/mol. The number of likely N-dealkylation sites (tertiary alicyclic amines) is 2. The molecule has 2 saturated heterocycles. The van der Waals surface area contributed by atoms with Crippen molar-refractivity contribution in [1.82, 2.24) is 9.80 Å². The largest absolute Gasteiger partial charge is 0.339 e. The maximum Gasteiger partial charge on any atom is 0.256 e. The van der Waals surface area contributed by atoms with Gasteiger partial charge in [0, 0.05) is 37.7 Å². The second-order valence-electron chi connectivity index (χ2n) is 8.48. The van der Waals surface area contributed by atoms with Gasteiger partial charge in [-0.15, -0.1) is 0 Å². The molecule has 1 aromatic carbocycles. The quantitative estimate of drug-likeness (QED) is 0.766. The fourth-order valence-corrected chi connectivity index (χ4v) is 5.30. The summed E-state index contributed by atoms with van der Waals surface area (Å²) in [7, 11) is 0. The van der Waals surface area contributed by atoms with E-state index in [0.717, 1.165) is 31.5 Å². The first kappa shape index (κ1) is 19.3. The van der Waals surface area contributed by atoms with Crippen LogP contribution in [0, 0.1) is 23.5 Å². The van der Waals surface area contributed by atoms with E-state index in [1.54, 1.807) is 4.90 Å². The van der Waals surface area contributed by atoms with Gasteiger partial charge in [0.2, 0.25) is 5.91 Å². The van der Waals surface area contributed by atoms with E-state index in [4.69, 9.17) is 0 Å². The van der Waals surface area contributed by atoms with Gasteiger partial charge in [0.05, 0.1) is 5.56 Å². The molecule has 4 rings (SSSR count). The van der Waals surface area contributed by atoms with Crippen LogP contribution in [0.3, 0.4) is 0 Å². The fourth-order valence-electron chi connectivity index (χ4n) is 5.30. The van der Waals surface area contributed by atoms with Crippen LogP contribution >= 0.6 is 0 Å². The minimum Gasteiger partial charge on any atom is -0.339 e. The number of carbonyl (C=O) groups is 2. The number of benzene rings is 1. The summed E-state index contributed by atoms with van der Waals surface area (Å²) in [5.41, 5.74) is -0.104. The maximum absolute atomic E-state index is 13.9. The van der Waals surface area contributed by atoms with Gasteiger partial charge in [-0.2, -0.15) is 0 Å². The fraction of sp³-hybridized carbons (Fsp3) is 0.636. The molecule has 1 aliphatic carbocycles. The first-order valence-electron chi connectivity index (χ1n) is 10.6. The van der Waals surface area contributed by atoms with E-state index in [2.05, 4.69) is 4.90 Å². The van der Waals surface area contributed by atoms with Crippen molar-refractivity contribution in [2.45, 2.75) is 57.4 Å². The van der Waals surface area contributed by atoms with Gasteiger partial charge in [0.25, 0.3) is 5.91 Å². The van der Waals surface area contributed by atoms with Crippen molar-refractivity contribution in [1.29, 1.82) is 0 Å². The van der Waals surface area contributed by atoms with Crippen LogP contribution in [0.5, 0.6) is 0 Å². The summed E-state index contributed by atoms with van der Waals surface area (Å²) in [4.78, 5) is 29.5. The summed E-state index contributed by atoms with van der Waals surface area (Å²) in [5.74, 6) is -1.09. The Bertz CT molecular complexity index is 744. The van der Waals surface area contributed by atoms with Crippen molar-refractivity contribution in [3.8, 4) is 0 Å². The second kappa shape index (κ2) is 8.18. The molecule has 0 spiro atoms. The minimum atomic E-state index is -0.833. The molecule has 2 atom stereocenters. The van der Waals surface area contributed by atoms with Gasteiger partial charge >= 0.3 is 0 Å². The van der Waals surface area contributed by atoms with Gasteiger partial charge in [-0.05, 0) is 56.6 Å². The molecular formula is C22H28F2N2O2. The van der Waals surface area contributed by atoms with E-state index in [-0.39, 0.29) is 17.4 Å². The second-order valence-corrected chi connectivity index (χ2v) is 8.48. The maximum atomic E-state index is 13.9. The molecule has 1 aromatic rings. The average Bonchev–Trinajstić information content (AvgIpc) is 2.72. The molecule has 0 aromatic heterocycles. The zero-order valence-electron chi connectivity index (χ0n) is 16.2. The lowest BCUT2D eigenvalue weighted by Gasteiger charge is -2.46. The highest BCUT2D eigenvalue weighted by Crippen LogP contribution is 2.36. The summed E-state index contributed by atoms with van der Waals surface area (Å²) in [6.07, 6.45) is 8.41. The van der Waals surface area contributed by atoms with Gasteiger partial charge in [-0.3, -0.25) is 9.59 Å². The monoisotopic (exact) mass is 390 g/mol. The topological polar surface area (TPSA) is 40.6 Å². The molecule has 28 heavy (non-hydrogen) atoms. The van der Waals surface area contributed by atoms with Crippen molar-refractivity contribution >= 4 is 11.8 Å². The number of hydrogen-bond acceptors (Lipinski definition) is 2. The zero-order chi connectivity index (χ0) is 19.7. The number of piperidine rings is 2. The summed E-state index contributed by atoms with van der Waals surface area (Å²) in [6.45, 7) is 1.74. The Morgan fingerprint density at radius 2 is 1.61 bits per heavy atom. The highest BCUT2D eigenvalue weighted by molar-refractivity contribution is 5.94. The Balaban J connectivity index is 1.37. The van der Waals surface area contributed by atoms with Gasteiger partial charge < -0.3 is 9.80 Å². The third-order valence-corrected chi connectivity index (χ3v) is 6.82. The molecule has 0 N–H and O–H groups in total. The summed E-state index contributed by atoms with van der Waals surface area (Å²) in [6, 6.07) is 3.44. The molecule has 2 aliphatic heterocycles. The predicted octanol–water partition coefficient (Wildman–Crippen LogP) is 4.00. The normalized spacial score (nSPS) is 26.1. The van der Waals surface area contributed by atoms with Gasteiger partial charge in [0.1, 0.15) is 11.6 Å². The molecule has 6 heteroatoms. The average molecular weight is 390 g/mol. The third kappa shape index (κ3) is 3.78. The first-order chi connectivity index (χ1) is 13.5. The number of hydrogen-bond donors (Lipinski definition) is 0. The summed E-state index contributed by atoms with van der Waals surface area (Å²) < 4.78 is 27.0. The van der Waals surface area contributed by atoms with Crippen molar-refractivity contribution in [3.05, 3.63) is 35.4 Å². The van der Waals surface area contributed by atoms with Crippen LogP contribution in [0.1, 0.15) is 61.7 Å². The van der Waals surface area contributed by atoms with E-state index < -0.39 is 17.5 Å². The molecule has 4 nitrogen and oxygen atoms in total. The number of amides is 2. The number of nitrogens with zero attached hydrogens (tertiary/aromatic N) is 2.